The summed E-state index contributed by atoms with van der Waals surface area (Å²) in [5.41, 5.74) is 9.33. The Morgan fingerprint density at radius 1 is 0.778 bits per heavy atom. The molecule has 0 spiro atoms. The molecule has 2 amide bonds. The highest BCUT2D eigenvalue weighted by molar-refractivity contribution is 6.30. The van der Waals surface area contributed by atoms with E-state index in [4.69, 9.17) is 0 Å². The zero-order valence-electron chi connectivity index (χ0n) is 27.5. The van der Waals surface area contributed by atoms with Gasteiger partial charge in [0.25, 0.3) is 11.8 Å². The molecule has 0 saturated carbocycles. The molecule has 238 valence electrons. The maximum atomic E-state index is 12.3. The quantitative estimate of drug-likeness (QED) is 0.285. The molecule has 0 aromatic carbocycles. The number of carboxylic acids is 2. The largest absolute Gasteiger partial charge is 0.481 e. The molecule has 5 N–H and O–H groups in total. The van der Waals surface area contributed by atoms with Crippen LogP contribution in [0.5, 0.6) is 0 Å². The molecule has 4 heterocycles. The van der Waals surface area contributed by atoms with Crippen LogP contribution in [0.2, 0.25) is 0 Å². The third-order valence-electron chi connectivity index (χ3n) is 8.88. The van der Waals surface area contributed by atoms with Gasteiger partial charge >= 0.3 is 11.9 Å². The van der Waals surface area contributed by atoms with Crippen LogP contribution in [0.15, 0.2) is 33.0 Å². The maximum absolute atomic E-state index is 12.3. The van der Waals surface area contributed by atoms with Gasteiger partial charge in [0.05, 0.1) is 5.71 Å². The SMILES string of the molecule is CC1=C(C)C(/C=c2\[nH]/c(=C(/c3[nH]c(/C=C4\NC(=O)C(C)=C4C)c(C)c3CCC(=O)O)C(C)(C)C)c(CCC(=O)O)c2C)=NC1=O. The van der Waals surface area contributed by atoms with E-state index in [-0.39, 0.29) is 37.5 Å². The number of allylic oxidation sites excluding steroid dienone is 2. The number of carbonyl (C=O) groups is 4. The molecule has 2 aromatic heterocycles. The molecule has 2 aliphatic rings. The number of carboxylic acid groups (broad SMARTS) is 2. The summed E-state index contributed by atoms with van der Waals surface area (Å²) in [7, 11) is 0. The molecule has 0 fully saturated rings. The molecule has 0 unspecified atom stereocenters. The van der Waals surface area contributed by atoms with Crippen molar-refractivity contribution < 1.29 is 29.4 Å². The molecule has 2 aromatic rings. The summed E-state index contributed by atoms with van der Waals surface area (Å²) in [6.07, 6.45) is 4.06. The molecule has 10 heteroatoms. The van der Waals surface area contributed by atoms with Gasteiger partial charge in [-0.05, 0) is 105 Å². The van der Waals surface area contributed by atoms with Crippen LogP contribution in [-0.2, 0) is 32.0 Å². The summed E-state index contributed by atoms with van der Waals surface area (Å²) in [4.78, 5) is 59.4. The van der Waals surface area contributed by atoms with E-state index in [0.29, 0.717) is 22.6 Å². The Kier molecular flexibility index (Phi) is 9.10. The number of hydrogen-bond donors (Lipinski definition) is 5. The minimum absolute atomic E-state index is 0.0820. The number of hydrogen-bond acceptors (Lipinski definition) is 4. The van der Waals surface area contributed by atoms with E-state index in [1.54, 1.807) is 13.8 Å². The molecular formula is C35H42N4O6. The van der Waals surface area contributed by atoms with Gasteiger partial charge in [-0.2, -0.15) is 0 Å². The van der Waals surface area contributed by atoms with Gasteiger partial charge in [0, 0.05) is 57.3 Å². The minimum Gasteiger partial charge on any atom is -0.481 e. The van der Waals surface area contributed by atoms with Gasteiger partial charge in [0.1, 0.15) is 0 Å². The van der Waals surface area contributed by atoms with Crippen LogP contribution in [-0.4, -0.2) is 49.6 Å². The molecular weight excluding hydrogens is 572 g/mol. The lowest BCUT2D eigenvalue weighted by Crippen LogP contribution is -2.26. The van der Waals surface area contributed by atoms with E-state index < -0.39 is 17.4 Å². The van der Waals surface area contributed by atoms with Gasteiger partial charge < -0.3 is 25.5 Å². The fourth-order valence-corrected chi connectivity index (χ4v) is 5.86. The molecule has 45 heavy (non-hydrogen) atoms. The van der Waals surface area contributed by atoms with Crippen LogP contribution in [0.1, 0.15) is 94.9 Å². The monoisotopic (exact) mass is 614 g/mol. The fourth-order valence-electron chi connectivity index (χ4n) is 5.86. The normalized spacial score (nSPS) is 17.6. The molecule has 0 aliphatic carbocycles. The average molecular weight is 615 g/mol. The first-order valence-electron chi connectivity index (χ1n) is 15.0. The van der Waals surface area contributed by atoms with E-state index in [9.17, 15) is 29.4 Å². The standard InChI is InChI=1S/C35H42N4O6/c1-16-18(3)33(44)38-24(16)14-26-20(5)22(10-12-28(40)41)31(36-26)30(35(7,8)9)32-23(11-13-29(42)43)21(6)27(37-32)15-25-17(2)19(4)34(45)39-25/h14-15,36-37H,10-13H2,1-9H3,(H,38,44)(H,40,41)(H,42,43)/b24-14-,27-15-,32-30-. The zero-order valence-corrected chi connectivity index (χ0v) is 27.5. The highest BCUT2D eigenvalue weighted by Crippen LogP contribution is 2.37. The number of rotatable bonds is 9. The number of aliphatic carboxylic acids is 2. The zero-order chi connectivity index (χ0) is 33.5. The minimum atomic E-state index is -0.923. The van der Waals surface area contributed by atoms with Gasteiger partial charge in [-0.25, -0.2) is 4.99 Å². The highest BCUT2D eigenvalue weighted by Gasteiger charge is 2.29. The van der Waals surface area contributed by atoms with Crippen molar-refractivity contribution in [3.63, 3.8) is 0 Å². The number of aliphatic imine (C=N–C) groups is 1. The molecule has 0 radical (unpaired) electrons. The van der Waals surface area contributed by atoms with E-state index in [1.807, 2.05) is 39.8 Å². The van der Waals surface area contributed by atoms with E-state index in [0.717, 1.165) is 61.1 Å². The van der Waals surface area contributed by atoms with Crippen molar-refractivity contribution in [3.05, 3.63) is 72.3 Å². The van der Waals surface area contributed by atoms with Gasteiger partial charge in [0.15, 0.2) is 0 Å². The topological polar surface area (TPSA) is 165 Å². The van der Waals surface area contributed by atoms with Gasteiger partial charge in [-0.15, -0.1) is 0 Å². The predicted molar refractivity (Wildman–Crippen MR) is 174 cm³/mol. The Labute approximate surface area is 262 Å². The van der Waals surface area contributed by atoms with Crippen molar-refractivity contribution in [2.24, 2.45) is 10.4 Å². The highest BCUT2D eigenvalue weighted by atomic mass is 16.4. The summed E-state index contributed by atoms with van der Waals surface area (Å²) >= 11 is 0. The van der Waals surface area contributed by atoms with E-state index >= 15 is 0 Å². The molecule has 0 atom stereocenters. The summed E-state index contributed by atoms with van der Waals surface area (Å²) in [6, 6.07) is 0. The maximum Gasteiger partial charge on any atom is 0.303 e. The second-order valence-electron chi connectivity index (χ2n) is 12.9. The summed E-state index contributed by atoms with van der Waals surface area (Å²) in [5.74, 6) is -2.27. The number of aromatic amines is 2. The molecule has 2 aliphatic heterocycles. The molecule has 4 rings (SSSR count). The van der Waals surface area contributed by atoms with Crippen LogP contribution >= 0.6 is 0 Å². The Bertz CT molecular complexity index is 1900. The third kappa shape index (κ3) is 6.55. The average Bonchev–Trinajstić information content (AvgIpc) is 3.57. The van der Waals surface area contributed by atoms with Crippen LogP contribution in [0.25, 0.3) is 17.7 Å². The van der Waals surface area contributed by atoms with Crippen molar-refractivity contribution in [2.75, 3.05) is 0 Å². The Morgan fingerprint density at radius 3 is 1.87 bits per heavy atom. The lowest BCUT2D eigenvalue weighted by atomic mass is 9.81. The second kappa shape index (κ2) is 12.3. The number of aromatic nitrogens is 2. The van der Waals surface area contributed by atoms with Crippen molar-refractivity contribution in [1.29, 1.82) is 0 Å². The Hall–Kier alpha value is -4.73. The van der Waals surface area contributed by atoms with Gasteiger partial charge in [-0.3, -0.25) is 19.2 Å². The number of H-pyrrole nitrogens is 2. The smallest absolute Gasteiger partial charge is 0.303 e. The lowest BCUT2D eigenvalue weighted by Gasteiger charge is -2.24. The Morgan fingerprint density at radius 2 is 1.38 bits per heavy atom. The molecule has 10 nitrogen and oxygen atoms in total. The van der Waals surface area contributed by atoms with Crippen LogP contribution < -0.4 is 16.0 Å². The van der Waals surface area contributed by atoms with Crippen LogP contribution in [0.4, 0.5) is 0 Å². The third-order valence-corrected chi connectivity index (χ3v) is 8.88. The summed E-state index contributed by atoms with van der Waals surface area (Å²) in [5, 5.41) is 23.6. The van der Waals surface area contributed by atoms with E-state index in [1.165, 1.54) is 0 Å². The summed E-state index contributed by atoms with van der Waals surface area (Å²) in [6.45, 7) is 17.3. The van der Waals surface area contributed by atoms with Crippen LogP contribution in [0, 0.1) is 19.3 Å². The number of amides is 2. The van der Waals surface area contributed by atoms with Crippen molar-refractivity contribution in [1.82, 2.24) is 15.3 Å². The van der Waals surface area contributed by atoms with Gasteiger partial charge in [-0.1, -0.05) is 20.8 Å². The van der Waals surface area contributed by atoms with Crippen molar-refractivity contribution >= 4 is 47.2 Å². The number of nitrogens with zero attached hydrogens (tertiary/aromatic N) is 1. The first-order valence-corrected chi connectivity index (χ1v) is 15.0. The predicted octanol–water partition coefficient (Wildman–Crippen LogP) is 4.14. The second-order valence-corrected chi connectivity index (χ2v) is 12.9. The van der Waals surface area contributed by atoms with Gasteiger partial charge in [0.2, 0.25) is 0 Å². The first kappa shape index (κ1) is 33.2. The number of carbonyl (C=O) groups excluding carboxylic acids is 2. The fraction of sp³-hybridized carbons (Fsp3) is 0.400. The van der Waals surface area contributed by atoms with Crippen molar-refractivity contribution in [2.45, 2.75) is 88.0 Å². The van der Waals surface area contributed by atoms with Crippen LogP contribution in [0.3, 0.4) is 0 Å². The molecule has 0 saturated heterocycles. The van der Waals surface area contributed by atoms with E-state index in [2.05, 4.69) is 41.0 Å². The number of nitrogens with one attached hydrogen (secondary N) is 3. The molecule has 0 bridgehead atoms. The van der Waals surface area contributed by atoms with Crippen molar-refractivity contribution in [3.8, 4) is 0 Å². The summed E-state index contributed by atoms with van der Waals surface area (Å²) < 4.78 is 0. The Balaban J connectivity index is 2.09. The lowest BCUT2D eigenvalue weighted by molar-refractivity contribution is -0.138. The first-order chi connectivity index (χ1) is 20.9.